The average Bonchev–Trinajstić information content (AvgIpc) is 2.10. The van der Waals surface area contributed by atoms with Crippen molar-refractivity contribution in [1.29, 1.82) is 0 Å². The minimum absolute atomic E-state index is 0.0842. The maximum absolute atomic E-state index is 5.94. The van der Waals surface area contributed by atoms with Gasteiger partial charge in [-0.15, -0.1) is 0 Å². The molecular formula is C8H2Cl4N2. The third kappa shape index (κ3) is 1.63. The van der Waals surface area contributed by atoms with Gasteiger partial charge in [-0.1, -0.05) is 34.8 Å². The van der Waals surface area contributed by atoms with Gasteiger partial charge in [-0.3, -0.25) is 0 Å². The normalized spacial score (nSPS) is 10.9. The third-order valence-corrected chi connectivity index (χ3v) is 2.93. The molecule has 2 aromatic rings. The van der Waals surface area contributed by atoms with Crippen molar-refractivity contribution in [2.24, 2.45) is 0 Å². The fourth-order valence-electron chi connectivity index (χ4n) is 1.09. The monoisotopic (exact) mass is 266 g/mol. The van der Waals surface area contributed by atoms with E-state index in [2.05, 4.69) is 9.97 Å². The Morgan fingerprint density at radius 1 is 0.929 bits per heavy atom. The van der Waals surface area contributed by atoms with Gasteiger partial charge in [0.2, 0.25) is 5.28 Å². The molecule has 0 unspecified atom stereocenters. The van der Waals surface area contributed by atoms with Gasteiger partial charge in [-0.2, -0.15) is 0 Å². The zero-order valence-electron chi connectivity index (χ0n) is 6.56. The molecule has 0 radical (unpaired) electrons. The molecule has 0 atom stereocenters. The van der Waals surface area contributed by atoms with E-state index in [0.29, 0.717) is 20.9 Å². The van der Waals surface area contributed by atoms with Crippen molar-refractivity contribution >= 4 is 57.3 Å². The first-order valence-corrected chi connectivity index (χ1v) is 5.07. The van der Waals surface area contributed by atoms with Crippen molar-refractivity contribution in [3.05, 3.63) is 32.6 Å². The first-order valence-electron chi connectivity index (χ1n) is 3.56. The molecule has 2 rings (SSSR count). The van der Waals surface area contributed by atoms with E-state index < -0.39 is 0 Å². The average molecular weight is 268 g/mol. The summed E-state index contributed by atoms with van der Waals surface area (Å²) in [6.07, 6.45) is 0. The van der Waals surface area contributed by atoms with E-state index in [1.54, 1.807) is 12.1 Å². The summed E-state index contributed by atoms with van der Waals surface area (Å²) in [6.45, 7) is 0. The zero-order chi connectivity index (χ0) is 10.3. The summed E-state index contributed by atoms with van der Waals surface area (Å²) < 4.78 is 0. The van der Waals surface area contributed by atoms with Crippen molar-refractivity contribution in [2.75, 3.05) is 0 Å². The Bertz CT molecular complexity index is 512. The lowest BCUT2D eigenvalue weighted by molar-refractivity contribution is 1.22. The Morgan fingerprint density at radius 3 is 2.36 bits per heavy atom. The Balaban J connectivity index is 2.95. The topological polar surface area (TPSA) is 25.8 Å². The molecule has 0 spiro atoms. The highest BCUT2D eigenvalue weighted by Crippen LogP contribution is 2.34. The van der Waals surface area contributed by atoms with Crippen LogP contribution >= 0.6 is 46.4 Å². The number of aromatic nitrogens is 2. The van der Waals surface area contributed by atoms with Gasteiger partial charge < -0.3 is 0 Å². The van der Waals surface area contributed by atoms with Crippen LogP contribution in [0, 0.1) is 0 Å². The predicted molar refractivity (Wildman–Crippen MR) is 59.6 cm³/mol. The number of nitrogens with zero attached hydrogens (tertiary/aromatic N) is 2. The summed E-state index contributed by atoms with van der Waals surface area (Å²) in [7, 11) is 0. The van der Waals surface area contributed by atoms with E-state index in [1.807, 2.05) is 0 Å². The quantitative estimate of drug-likeness (QED) is 0.527. The standard InChI is InChI=1S/C8H2Cl4N2/c9-3-1-2-4-5(6(3)10)7(11)14-8(12)13-4/h1-2H. The molecule has 72 valence electrons. The minimum atomic E-state index is 0.0842. The van der Waals surface area contributed by atoms with Crippen LogP contribution in [0.3, 0.4) is 0 Å². The van der Waals surface area contributed by atoms with E-state index >= 15 is 0 Å². The lowest BCUT2D eigenvalue weighted by atomic mass is 10.2. The molecule has 1 aromatic heterocycles. The Labute approximate surface area is 99.8 Å². The minimum Gasteiger partial charge on any atom is -0.218 e. The maximum atomic E-state index is 5.94. The lowest BCUT2D eigenvalue weighted by Gasteiger charge is -2.03. The van der Waals surface area contributed by atoms with Gasteiger partial charge in [0, 0.05) is 0 Å². The molecule has 6 heteroatoms. The molecule has 1 aromatic carbocycles. The van der Waals surface area contributed by atoms with Crippen LogP contribution in [-0.2, 0) is 0 Å². The van der Waals surface area contributed by atoms with Crippen molar-refractivity contribution in [3.63, 3.8) is 0 Å². The highest BCUT2D eigenvalue weighted by atomic mass is 35.5. The number of hydrogen-bond donors (Lipinski definition) is 0. The molecule has 0 aliphatic rings. The second kappa shape index (κ2) is 3.70. The predicted octanol–water partition coefficient (Wildman–Crippen LogP) is 4.24. The molecule has 0 saturated carbocycles. The molecular weight excluding hydrogens is 266 g/mol. The summed E-state index contributed by atoms with van der Waals surface area (Å²) in [5, 5.41) is 1.55. The number of fused-ring (bicyclic) bond motifs is 1. The van der Waals surface area contributed by atoms with Gasteiger partial charge in [0.15, 0.2) is 0 Å². The second-order valence-corrected chi connectivity index (χ2v) is 4.02. The van der Waals surface area contributed by atoms with E-state index in [-0.39, 0.29) is 10.4 Å². The van der Waals surface area contributed by atoms with E-state index in [4.69, 9.17) is 46.4 Å². The SMILES string of the molecule is Clc1nc(Cl)c2c(Cl)c(Cl)ccc2n1. The summed E-state index contributed by atoms with van der Waals surface area (Å²) in [5.74, 6) is 0. The van der Waals surface area contributed by atoms with Crippen molar-refractivity contribution < 1.29 is 0 Å². The first-order chi connectivity index (χ1) is 6.59. The van der Waals surface area contributed by atoms with E-state index in [9.17, 15) is 0 Å². The van der Waals surface area contributed by atoms with E-state index in [1.165, 1.54) is 0 Å². The molecule has 14 heavy (non-hydrogen) atoms. The fourth-order valence-corrected chi connectivity index (χ4v) is 2.04. The van der Waals surface area contributed by atoms with Crippen LogP contribution in [0.1, 0.15) is 0 Å². The molecule has 0 amide bonds. The molecule has 0 fully saturated rings. The van der Waals surface area contributed by atoms with Gasteiger partial charge in [0.1, 0.15) is 5.15 Å². The van der Waals surface area contributed by atoms with Crippen LogP contribution < -0.4 is 0 Å². The van der Waals surface area contributed by atoms with Gasteiger partial charge in [0.25, 0.3) is 0 Å². The summed E-state index contributed by atoms with van der Waals surface area (Å²) in [6, 6.07) is 3.31. The van der Waals surface area contributed by atoms with Crippen LogP contribution in [0.2, 0.25) is 20.5 Å². The molecule has 1 heterocycles. The Morgan fingerprint density at radius 2 is 1.64 bits per heavy atom. The van der Waals surface area contributed by atoms with Crippen LogP contribution in [0.25, 0.3) is 10.9 Å². The molecule has 0 N–H and O–H groups in total. The molecule has 2 nitrogen and oxygen atoms in total. The van der Waals surface area contributed by atoms with Gasteiger partial charge in [0.05, 0.1) is 20.9 Å². The number of benzene rings is 1. The van der Waals surface area contributed by atoms with Crippen LogP contribution in [-0.4, -0.2) is 9.97 Å². The molecule has 0 saturated heterocycles. The second-order valence-electron chi connectivity index (χ2n) is 2.54. The highest BCUT2D eigenvalue weighted by Gasteiger charge is 2.10. The van der Waals surface area contributed by atoms with Gasteiger partial charge >= 0.3 is 0 Å². The number of rotatable bonds is 0. The van der Waals surface area contributed by atoms with Crippen LogP contribution in [0.4, 0.5) is 0 Å². The lowest BCUT2D eigenvalue weighted by Crippen LogP contribution is -1.87. The van der Waals surface area contributed by atoms with Gasteiger partial charge in [-0.25, -0.2) is 9.97 Å². The highest BCUT2D eigenvalue weighted by molar-refractivity contribution is 6.47. The van der Waals surface area contributed by atoms with Crippen LogP contribution in [0.5, 0.6) is 0 Å². The number of halogens is 4. The first kappa shape index (κ1) is 10.2. The van der Waals surface area contributed by atoms with Crippen molar-refractivity contribution in [2.45, 2.75) is 0 Å². The molecule has 0 aliphatic heterocycles. The van der Waals surface area contributed by atoms with Crippen molar-refractivity contribution in [1.82, 2.24) is 9.97 Å². The summed E-state index contributed by atoms with van der Waals surface area (Å²) >= 11 is 23.3. The fraction of sp³-hybridized carbons (Fsp3) is 0. The van der Waals surface area contributed by atoms with Crippen molar-refractivity contribution in [3.8, 4) is 0 Å². The smallest absolute Gasteiger partial charge is 0.218 e. The van der Waals surface area contributed by atoms with E-state index in [0.717, 1.165) is 0 Å². The zero-order valence-corrected chi connectivity index (χ0v) is 9.58. The van der Waals surface area contributed by atoms with Crippen LogP contribution in [0.15, 0.2) is 12.1 Å². The molecule has 0 bridgehead atoms. The Kier molecular flexibility index (Phi) is 2.71. The largest absolute Gasteiger partial charge is 0.224 e. The number of hydrogen-bond acceptors (Lipinski definition) is 2. The summed E-state index contributed by atoms with van der Waals surface area (Å²) in [5.41, 5.74) is 0.574. The molecule has 0 aliphatic carbocycles. The third-order valence-electron chi connectivity index (χ3n) is 1.68. The maximum Gasteiger partial charge on any atom is 0.224 e. The summed E-state index contributed by atoms with van der Waals surface area (Å²) in [4.78, 5) is 7.75. The van der Waals surface area contributed by atoms with Gasteiger partial charge in [-0.05, 0) is 23.7 Å². The Hall–Kier alpha value is -0.280.